The molecule has 1 heterocycles. The SMILES string of the molecule is CC.CC.Nc1cn(-c2ccccc2F)cn1. The van der Waals surface area contributed by atoms with Gasteiger partial charge in [0.25, 0.3) is 0 Å². The van der Waals surface area contributed by atoms with E-state index in [4.69, 9.17) is 5.73 Å². The van der Waals surface area contributed by atoms with Crippen LogP contribution in [0.1, 0.15) is 27.7 Å². The van der Waals surface area contributed by atoms with Gasteiger partial charge < -0.3 is 10.3 Å². The monoisotopic (exact) mass is 237 g/mol. The number of hydrogen-bond donors (Lipinski definition) is 1. The Morgan fingerprint density at radius 2 is 1.71 bits per heavy atom. The van der Waals surface area contributed by atoms with Crippen molar-refractivity contribution in [2.24, 2.45) is 0 Å². The van der Waals surface area contributed by atoms with Gasteiger partial charge in [-0.3, -0.25) is 0 Å². The Hall–Kier alpha value is -1.84. The third-order valence-corrected chi connectivity index (χ3v) is 1.73. The summed E-state index contributed by atoms with van der Waals surface area (Å²) in [7, 11) is 0. The first-order valence-corrected chi connectivity index (χ1v) is 5.82. The van der Waals surface area contributed by atoms with E-state index in [1.165, 1.54) is 12.4 Å². The molecule has 0 fully saturated rings. The maximum Gasteiger partial charge on any atom is 0.147 e. The Morgan fingerprint density at radius 3 is 2.18 bits per heavy atom. The molecular formula is C13H20FN3. The van der Waals surface area contributed by atoms with Crippen molar-refractivity contribution in [2.45, 2.75) is 27.7 Å². The van der Waals surface area contributed by atoms with Crippen molar-refractivity contribution in [1.82, 2.24) is 9.55 Å². The van der Waals surface area contributed by atoms with Crippen molar-refractivity contribution < 1.29 is 4.39 Å². The highest BCUT2D eigenvalue weighted by molar-refractivity contribution is 5.37. The summed E-state index contributed by atoms with van der Waals surface area (Å²) in [5, 5.41) is 0. The topological polar surface area (TPSA) is 43.8 Å². The van der Waals surface area contributed by atoms with Crippen molar-refractivity contribution in [3.8, 4) is 5.69 Å². The van der Waals surface area contributed by atoms with Crippen LogP contribution in [0, 0.1) is 5.82 Å². The maximum atomic E-state index is 13.2. The van der Waals surface area contributed by atoms with Crippen molar-refractivity contribution >= 4 is 5.82 Å². The van der Waals surface area contributed by atoms with Gasteiger partial charge in [-0.05, 0) is 12.1 Å². The van der Waals surface area contributed by atoms with Crippen LogP contribution in [0.5, 0.6) is 0 Å². The first kappa shape index (κ1) is 15.2. The molecule has 0 aliphatic rings. The van der Waals surface area contributed by atoms with E-state index >= 15 is 0 Å². The Morgan fingerprint density at radius 1 is 1.12 bits per heavy atom. The zero-order valence-corrected chi connectivity index (χ0v) is 10.8. The molecule has 1 aromatic heterocycles. The second kappa shape index (κ2) is 8.33. The van der Waals surface area contributed by atoms with Crippen molar-refractivity contribution in [3.05, 3.63) is 42.6 Å². The average Bonchev–Trinajstić information content (AvgIpc) is 2.81. The van der Waals surface area contributed by atoms with Crippen molar-refractivity contribution in [1.29, 1.82) is 0 Å². The summed E-state index contributed by atoms with van der Waals surface area (Å²) >= 11 is 0. The number of aromatic nitrogens is 2. The number of nitrogens with two attached hydrogens (primary N) is 1. The Bertz CT molecular complexity index is 424. The summed E-state index contributed by atoms with van der Waals surface area (Å²) in [6, 6.07) is 6.45. The number of anilines is 1. The lowest BCUT2D eigenvalue weighted by atomic mass is 10.3. The van der Waals surface area contributed by atoms with Gasteiger partial charge in [0.1, 0.15) is 18.0 Å². The van der Waals surface area contributed by atoms with Gasteiger partial charge in [-0.15, -0.1) is 0 Å². The fourth-order valence-corrected chi connectivity index (χ4v) is 1.13. The minimum Gasteiger partial charge on any atom is -0.382 e. The molecule has 4 heteroatoms. The summed E-state index contributed by atoms with van der Waals surface area (Å²) in [6.45, 7) is 8.00. The molecule has 0 spiro atoms. The molecule has 0 amide bonds. The van der Waals surface area contributed by atoms with Gasteiger partial charge in [-0.1, -0.05) is 39.8 Å². The second-order valence-electron chi connectivity index (χ2n) is 2.66. The van der Waals surface area contributed by atoms with Gasteiger partial charge >= 0.3 is 0 Å². The molecule has 0 radical (unpaired) electrons. The van der Waals surface area contributed by atoms with Crippen molar-refractivity contribution in [3.63, 3.8) is 0 Å². The Labute approximate surface area is 102 Å². The molecule has 0 saturated carbocycles. The summed E-state index contributed by atoms with van der Waals surface area (Å²) in [5.41, 5.74) is 5.86. The highest BCUT2D eigenvalue weighted by Gasteiger charge is 2.02. The van der Waals surface area contributed by atoms with Crippen LogP contribution < -0.4 is 5.73 Å². The van der Waals surface area contributed by atoms with E-state index in [-0.39, 0.29) is 5.82 Å². The number of imidazole rings is 1. The predicted octanol–water partition coefficient (Wildman–Crippen LogP) is 3.65. The van der Waals surface area contributed by atoms with E-state index in [0.29, 0.717) is 11.5 Å². The number of nitrogens with zero attached hydrogens (tertiary/aromatic N) is 2. The fraction of sp³-hybridized carbons (Fsp3) is 0.308. The predicted molar refractivity (Wildman–Crippen MR) is 70.6 cm³/mol. The number of nitrogen functional groups attached to an aromatic ring is 1. The molecule has 0 aliphatic heterocycles. The lowest BCUT2D eigenvalue weighted by molar-refractivity contribution is 0.618. The van der Waals surface area contributed by atoms with Crippen LogP contribution >= 0.6 is 0 Å². The Balaban J connectivity index is 0.000000581. The van der Waals surface area contributed by atoms with E-state index in [0.717, 1.165) is 0 Å². The van der Waals surface area contributed by atoms with Crippen LogP contribution in [-0.2, 0) is 0 Å². The molecule has 2 N–H and O–H groups in total. The van der Waals surface area contributed by atoms with Gasteiger partial charge in [0.05, 0.1) is 11.9 Å². The van der Waals surface area contributed by atoms with Gasteiger partial charge in [-0.25, -0.2) is 9.37 Å². The highest BCUT2D eigenvalue weighted by atomic mass is 19.1. The van der Waals surface area contributed by atoms with Crippen LogP contribution in [0.15, 0.2) is 36.8 Å². The molecular weight excluding hydrogens is 217 g/mol. The van der Waals surface area contributed by atoms with E-state index in [9.17, 15) is 4.39 Å². The van der Waals surface area contributed by atoms with Crippen LogP contribution in [0.3, 0.4) is 0 Å². The molecule has 0 aliphatic carbocycles. The number of benzene rings is 1. The van der Waals surface area contributed by atoms with Gasteiger partial charge in [0, 0.05) is 0 Å². The zero-order chi connectivity index (χ0) is 13.3. The highest BCUT2D eigenvalue weighted by Crippen LogP contribution is 2.13. The second-order valence-corrected chi connectivity index (χ2v) is 2.66. The lowest BCUT2D eigenvalue weighted by Gasteiger charge is -2.01. The van der Waals surface area contributed by atoms with Gasteiger partial charge in [0.2, 0.25) is 0 Å². The third kappa shape index (κ3) is 4.26. The van der Waals surface area contributed by atoms with Gasteiger partial charge in [-0.2, -0.15) is 0 Å². The molecule has 3 nitrogen and oxygen atoms in total. The standard InChI is InChI=1S/C9H8FN3.2C2H6/c10-7-3-1-2-4-8(7)13-5-9(11)12-6-13;2*1-2/h1-6H,11H2;2*1-2H3. The average molecular weight is 237 g/mol. The van der Waals surface area contributed by atoms with Crippen LogP contribution in [0.25, 0.3) is 5.69 Å². The summed E-state index contributed by atoms with van der Waals surface area (Å²) in [4.78, 5) is 3.81. The maximum absolute atomic E-state index is 13.2. The molecule has 0 atom stereocenters. The van der Waals surface area contributed by atoms with E-state index < -0.39 is 0 Å². The Kier molecular flexibility index (Phi) is 7.43. The number of rotatable bonds is 1. The smallest absolute Gasteiger partial charge is 0.147 e. The van der Waals surface area contributed by atoms with Crippen molar-refractivity contribution in [2.75, 3.05) is 5.73 Å². The number of halogens is 1. The summed E-state index contributed by atoms with van der Waals surface area (Å²) in [6.07, 6.45) is 3.05. The van der Waals surface area contributed by atoms with E-state index in [2.05, 4.69) is 4.98 Å². The number of hydrogen-bond acceptors (Lipinski definition) is 2. The molecule has 94 valence electrons. The first-order chi connectivity index (χ1) is 8.27. The van der Waals surface area contributed by atoms with E-state index in [1.54, 1.807) is 29.0 Å². The number of para-hydroxylation sites is 1. The molecule has 2 rings (SSSR count). The van der Waals surface area contributed by atoms with Crippen LogP contribution in [0.4, 0.5) is 10.2 Å². The van der Waals surface area contributed by atoms with Crippen LogP contribution in [0.2, 0.25) is 0 Å². The zero-order valence-electron chi connectivity index (χ0n) is 10.8. The molecule has 0 saturated heterocycles. The molecule has 2 aromatic rings. The lowest BCUT2D eigenvalue weighted by Crippen LogP contribution is -1.93. The third-order valence-electron chi connectivity index (χ3n) is 1.73. The molecule has 1 aromatic carbocycles. The fourth-order valence-electron chi connectivity index (χ4n) is 1.13. The van der Waals surface area contributed by atoms with E-state index in [1.807, 2.05) is 27.7 Å². The largest absolute Gasteiger partial charge is 0.382 e. The van der Waals surface area contributed by atoms with Crippen LogP contribution in [-0.4, -0.2) is 9.55 Å². The summed E-state index contributed by atoms with van der Waals surface area (Å²) in [5.74, 6) is 0.0863. The quantitative estimate of drug-likeness (QED) is 0.822. The van der Waals surface area contributed by atoms with Gasteiger partial charge in [0.15, 0.2) is 0 Å². The molecule has 0 bridgehead atoms. The first-order valence-electron chi connectivity index (χ1n) is 5.82. The minimum atomic E-state index is -0.292. The minimum absolute atomic E-state index is 0.292. The molecule has 0 unspecified atom stereocenters. The molecule has 17 heavy (non-hydrogen) atoms. The summed E-state index contributed by atoms with van der Waals surface area (Å²) < 4.78 is 14.7. The normalized spacial score (nSPS) is 8.53.